The van der Waals surface area contributed by atoms with Gasteiger partial charge in [0, 0.05) is 11.2 Å². The molecule has 0 saturated heterocycles. The van der Waals surface area contributed by atoms with Gasteiger partial charge in [0.05, 0.1) is 6.54 Å². The third-order valence-corrected chi connectivity index (χ3v) is 3.53. The highest BCUT2D eigenvalue weighted by Gasteiger charge is 2.26. The highest BCUT2D eigenvalue weighted by molar-refractivity contribution is 5.66. The molecule has 0 aromatic heterocycles. The predicted molar refractivity (Wildman–Crippen MR) is 90.6 cm³/mol. The second-order valence-corrected chi connectivity index (χ2v) is 6.46. The fourth-order valence-corrected chi connectivity index (χ4v) is 2.18. The highest BCUT2D eigenvalue weighted by Crippen LogP contribution is 2.28. The number of anilines is 1. The van der Waals surface area contributed by atoms with Crippen molar-refractivity contribution in [1.29, 1.82) is 0 Å². The molecule has 24 heavy (non-hydrogen) atoms. The lowest BCUT2D eigenvalue weighted by atomic mass is 10.0. The number of nitrogen functional groups attached to an aromatic ring is 1. The number of nitrogens with two attached hydrogens (primary N) is 1. The molecule has 0 aliphatic rings. The maximum absolute atomic E-state index is 12.9. The molecule has 3 N–H and O–H groups in total. The molecule has 0 spiro atoms. The Morgan fingerprint density at radius 1 is 1.17 bits per heavy atom. The first-order chi connectivity index (χ1) is 11.2. The molecule has 2 aromatic rings. The fraction of sp³-hybridized carbons (Fsp3) is 0.278. The van der Waals surface area contributed by atoms with Crippen molar-refractivity contribution in [3.05, 3.63) is 53.8 Å². The number of rotatable bonds is 4. The summed E-state index contributed by atoms with van der Waals surface area (Å²) in [5, 5.41) is 9.41. The minimum atomic E-state index is -1.02. The van der Waals surface area contributed by atoms with Crippen molar-refractivity contribution in [2.75, 3.05) is 5.73 Å². The number of benzene rings is 2. The van der Waals surface area contributed by atoms with E-state index in [4.69, 9.17) is 10.5 Å². The van der Waals surface area contributed by atoms with E-state index in [1.807, 2.05) is 20.8 Å². The van der Waals surface area contributed by atoms with Crippen LogP contribution in [0.2, 0.25) is 0 Å². The van der Waals surface area contributed by atoms with E-state index >= 15 is 0 Å². The molecule has 0 heterocycles. The predicted octanol–water partition coefficient (Wildman–Crippen LogP) is 4.48. The van der Waals surface area contributed by atoms with Gasteiger partial charge in [-0.25, -0.2) is 9.18 Å². The third kappa shape index (κ3) is 4.38. The van der Waals surface area contributed by atoms with Gasteiger partial charge in [0.25, 0.3) is 0 Å². The van der Waals surface area contributed by atoms with E-state index in [0.29, 0.717) is 22.7 Å². The topological polar surface area (TPSA) is 75.8 Å². The Balaban J connectivity index is 2.24. The van der Waals surface area contributed by atoms with Crippen molar-refractivity contribution in [2.24, 2.45) is 0 Å². The number of amides is 1. The van der Waals surface area contributed by atoms with E-state index in [0.717, 1.165) is 0 Å². The van der Waals surface area contributed by atoms with Gasteiger partial charge in [-0.1, -0.05) is 0 Å². The minimum absolute atomic E-state index is 0.144. The molecular formula is C18H21FN2O3. The average Bonchev–Trinajstić information content (AvgIpc) is 2.48. The number of hydrogen-bond acceptors (Lipinski definition) is 3. The number of carbonyl (C=O) groups is 1. The molecule has 6 heteroatoms. The van der Waals surface area contributed by atoms with Crippen molar-refractivity contribution >= 4 is 11.8 Å². The Labute approximate surface area is 140 Å². The summed E-state index contributed by atoms with van der Waals surface area (Å²) in [6, 6.07) is 10.7. The van der Waals surface area contributed by atoms with Gasteiger partial charge >= 0.3 is 6.09 Å². The summed E-state index contributed by atoms with van der Waals surface area (Å²) in [7, 11) is 0. The van der Waals surface area contributed by atoms with Crippen molar-refractivity contribution in [1.82, 2.24) is 4.90 Å². The summed E-state index contributed by atoms with van der Waals surface area (Å²) in [6.07, 6.45) is -1.02. The van der Waals surface area contributed by atoms with E-state index in [2.05, 4.69) is 0 Å². The first kappa shape index (κ1) is 17.6. The number of hydrogen-bond donors (Lipinski definition) is 2. The maximum atomic E-state index is 12.9. The highest BCUT2D eigenvalue weighted by atomic mass is 19.1. The van der Waals surface area contributed by atoms with Crippen LogP contribution >= 0.6 is 0 Å². The Morgan fingerprint density at radius 2 is 1.75 bits per heavy atom. The smallest absolute Gasteiger partial charge is 0.408 e. The second-order valence-electron chi connectivity index (χ2n) is 6.46. The Kier molecular flexibility index (Phi) is 4.97. The molecule has 5 nitrogen and oxygen atoms in total. The molecule has 0 atom stereocenters. The van der Waals surface area contributed by atoms with Crippen molar-refractivity contribution < 1.29 is 19.0 Å². The molecule has 0 radical (unpaired) electrons. The van der Waals surface area contributed by atoms with Crippen LogP contribution in [0.25, 0.3) is 0 Å². The summed E-state index contributed by atoms with van der Waals surface area (Å²) in [5.41, 5.74) is 6.53. The Morgan fingerprint density at radius 3 is 2.29 bits per heavy atom. The zero-order chi connectivity index (χ0) is 17.9. The third-order valence-electron chi connectivity index (χ3n) is 3.53. The van der Waals surface area contributed by atoms with Crippen molar-refractivity contribution in [2.45, 2.75) is 32.9 Å². The lowest BCUT2D eigenvalue weighted by Crippen LogP contribution is -2.44. The zero-order valence-corrected chi connectivity index (χ0v) is 13.9. The average molecular weight is 332 g/mol. The summed E-state index contributed by atoms with van der Waals surface area (Å²) in [6.45, 7) is 5.59. The van der Waals surface area contributed by atoms with E-state index in [-0.39, 0.29) is 12.4 Å². The van der Waals surface area contributed by atoms with Gasteiger partial charge in [-0.2, -0.15) is 0 Å². The van der Waals surface area contributed by atoms with E-state index in [1.165, 1.54) is 29.2 Å². The molecule has 0 aliphatic carbocycles. The first-order valence-corrected chi connectivity index (χ1v) is 7.49. The SMILES string of the molecule is CC(C)(C)N(Cc1cc(Oc2ccc(F)cc2)ccc1N)C(=O)O. The van der Waals surface area contributed by atoms with E-state index in [1.54, 1.807) is 18.2 Å². The van der Waals surface area contributed by atoms with E-state index < -0.39 is 11.6 Å². The van der Waals surface area contributed by atoms with Crippen molar-refractivity contribution in [3.8, 4) is 11.5 Å². The molecule has 2 aromatic carbocycles. The van der Waals surface area contributed by atoms with Crippen LogP contribution in [0.5, 0.6) is 11.5 Å². The number of carboxylic acid groups (broad SMARTS) is 1. The van der Waals surface area contributed by atoms with Crippen LogP contribution in [0.4, 0.5) is 14.9 Å². The minimum Gasteiger partial charge on any atom is -0.465 e. The normalized spacial score (nSPS) is 11.2. The van der Waals surface area contributed by atoms with Gasteiger partial charge in [0.15, 0.2) is 0 Å². The van der Waals surface area contributed by atoms with Crippen LogP contribution in [0.15, 0.2) is 42.5 Å². The zero-order valence-electron chi connectivity index (χ0n) is 13.9. The van der Waals surface area contributed by atoms with Gasteiger partial charge < -0.3 is 15.6 Å². The molecular weight excluding hydrogens is 311 g/mol. The lowest BCUT2D eigenvalue weighted by Gasteiger charge is -2.33. The number of halogens is 1. The molecule has 1 amide bonds. The Hall–Kier alpha value is -2.76. The summed E-state index contributed by atoms with van der Waals surface area (Å²) < 4.78 is 18.6. The Bertz CT molecular complexity index is 724. The molecule has 128 valence electrons. The molecule has 0 unspecified atom stereocenters. The summed E-state index contributed by atoms with van der Waals surface area (Å²) >= 11 is 0. The van der Waals surface area contributed by atoms with Gasteiger partial charge in [0.1, 0.15) is 17.3 Å². The van der Waals surface area contributed by atoms with Crippen LogP contribution in [-0.2, 0) is 6.54 Å². The molecule has 0 fully saturated rings. The second kappa shape index (κ2) is 6.78. The largest absolute Gasteiger partial charge is 0.465 e. The van der Waals surface area contributed by atoms with Crippen LogP contribution < -0.4 is 10.5 Å². The van der Waals surface area contributed by atoms with Crippen molar-refractivity contribution in [3.63, 3.8) is 0 Å². The molecule has 0 saturated carbocycles. The van der Waals surface area contributed by atoms with Gasteiger partial charge in [-0.05, 0) is 68.8 Å². The molecule has 0 aliphatic heterocycles. The van der Waals surface area contributed by atoms with E-state index in [9.17, 15) is 14.3 Å². The maximum Gasteiger partial charge on any atom is 0.408 e. The summed E-state index contributed by atoms with van der Waals surface area (Å²) in [4.78, 5) is 12.8. The van der Waals surface area contributed by atoms with Gasteiger partial charge in [-0.3, -0.25) is 4.90 Å². The van der Waals surface area contributed by atoms with Gasteiger partial charge in [0.2, 0.25) is 0 Å². The number of nitrogens with zero attached hydrogens (tertiary/aromatic N) is 1. The van der Waals surface area contributed by atoms with Crippen LogP contribution in [0.1, 0.15) is 26.3 Å². The molecule has 2 rings (SSSR count). The van der Waals surface area contributed by atoms with Crippen LogP contribution in [0, 0.1) is 5.82 Å². The standard InChI is InChI=1S/C18H21FN2O3/c1-18(2,3)21(17(22)23)11-12-10-15(8-9-16(12)20)24-14-6-4-13(19)5-7-14/h4-10H,11,20H2,1-3H3,(H,22,23). The molecule has 0 bridgehead atoms. The van der Waals surface area contributed by atoms with Gasteiger partial charge in [-0.15, -0.1) is 0 Å². The fourth-order valence-electron chi connectivity index (χ4n) is 2.18. The quantitative estimate of drug-likeness (QED) is 0.810. The number of ether oxygens (including phenoxy) is 1. The monoisotopic (exact) mass is 332 g/mol. The van der Waals surface area contributed by atoms with Crippen LogP contribution in [0.3, 0.4) is 0 Å². The lowest BCUT2D eigenvalue weighted by molar-refractivity contribution is 0.0956. The first-order valence-electron chi connectivity index (χ1n) is 7.49. The van der Waals surface area contributed by atoms with Crippen LogP contribution in [-0.4, -0.2) is 21.6 Å². The summed E-state index contributed by atoms with van der Waals surface area (Å²) in [5.74, 6) is 0.644.